The molecular formula is C18H28N2O2. The van der Waals surface area contributed by atoms with Crippen molar-refractivity contribution in [3.8, 4) is 5.75 Å². The number of likely N-dealkylation sites (tertiary alicyclic amines) is 1. The van der Waals surface area contributed by atoms with Crippen molar-refractivity contribution in [2.45, 2.75) is 45.6 Å². The van der Waals surface area contributed by atoms with Crippen LogP contribution in [-0.2, 0) is 4.79 Å². The number of benzene rings is 1. The summed E-state index contributed by atoms with van der Waals surface area (Å²) in [6.45, 7) is 9.80. The molecule has 0 aromatic heterocycles. The van der Waals surface area contributed by atoms with Gasteiger partial charge in [0.2, 0.25) is 0 Å². The van der Waals surface area contributed by atoms with Crippen molar-refractivity contribution in [1.29, 1.82) is 0 Å². The van der Waals surface area contributed by atoms with Crippen molar-refractivity contribution in [2.24, 2.45) is 0 Å². The van der Waals surface area contributed by atoms with Gasteiger partial charge in [-0.05, 0) is 43.0 Å². The number of hydrogen-bond acceptors (Lipinski definition) is 3. The summed E-state index contributed by atoms with van der Waals surface area (Å²) in [4.78, 5) is 14.4. The van der Waals surface area contributed by atoms with Gasteiger partial charge < -0.3 is 15.0 Å². The second-order valence-electron chi connectivity index (χ2n) is 6.29. The Hall–Kier alpha value is -1.55. The monoisotopic (exact) mass is 304 g/mol. The number of amides is 1. The smallest absolute Gasteiger partial charge is 0.258 e. The Bertz CT molecular complexity index is 480. The minimum Gasteiger partial charge on any atom is -0.484 e. The summed E-state index contributed by atoms with van der Waals surface area (Å²) in [6.07, 6.45) is 2.06. The van der Waals surface area contributed by atoms with Crippen LogP contribution in [0.3, 0.4) is 0 Å². The van der Waals surface area contributed by atoms with Crippen LogP contribution in [0.25, 0.3) is 0 Å². The van der Waals surface area contributed by atoms with Crippen LogP contribution < -0.4 is 10.1 Å². The average molecular weight is 304 g/mol. The van der Waals surface area contributed by atoms with E-state index in [9.17, 15) is 4.79 Å². The van der Waals surface area contributed by atoms with Crippen molar-refractivity contribution < 1.29 is 9.53 Å². The second kappa shape index (κ2) is 8.18. The lowest BCUT2D eigenvalue weighted by atomic mass is 10.0. The van der Waals surface area contributed by atoms with Gasteiger partial charge >= 0.3 is 0 Å². The first kappa shape index (κ1) is 16.8. The Labute approximate surface area is 133 Å². The van der Waals surface area contributed by atoms with E-state index in [0.717, 1.165) is 38.2 Å². The Balaban J connectivity index is 1.75. The molecule has 122 valence electrons. The van der Waals surface area contributed by atoms with Crippen molar-refractivity contribution in [3.63, 3.8) is 0 Å². The van der Waals surface area contributed by atoms with Gasteiger partial charge in [0.05, 0.1) is 0 Å². The molecule has 1 aliphatic heterocycles. The lowest BCUT2D eigenvalue weighted by Gasteiger charge is -2.31. The van der Waals surface area contributed by atoms with Gasteiger partial charge in [0, 0.05) is 19.1 Å². The van der Waals surface area contributed by atoms with E-state index < -0.39 is 0 Å². The third-order valence-electron chi connectivity index (χ3n) is 4.29. The number of nitrogens with one attached hydrogen (secondary N) is 1. The highest BCUT2D eigenvalue weighted by atomic mass is 16.5. The molecule has 1 aliphatic rings. The molecule has 1 saturated heterocycles. The molecule has 1 amide bonds. The molecule has 0 radical (unpaired) electrons. The molecule has 1 heterocycles. The van der Waals surface area contributed by atoms with Crippen LogP contribution >= 0.6 is 0 Å². The largest absolute Gasteiger partial charge is 0.484 e. The molecule has 1 N–H and O–H groups in total. The molecule has 0 spiro atoms. The van der Waals surface area contributed by atoms with Crippen LogP contribution in [0.5, 0.6) is 5.75 Å². The molecule has 0 saturated carbocycles. The Morgan fingerprint density at radius 2 is 2.09 bits per heavy atom. The number of carbonyl (C=O) groups is 1. The first-order valence-electron chi connectivity index (χ1n) is 8.33. The van der Waals surface area contributed by atoms with Gasteiger partial charge in [-0.1, -0.05) is 32.9 Å². The predicted molar refractivity (Wildman–Crippen MR) is 89.3 cm³/mol. The molecule has 4 heteroatoms. The highest BCUT2D eigenvalue weighted by Crippen LogP contribution is 2.20. The maximum Gasteiger partial charge on any atom is 0.258 e. The fraction of sp³-hybridized carbons (Fsp3) is 0.611. The molecule has 1 fully saturated rings. The van der Waals surface area contributed by atoms with Crippen molar-refractivity contribution in [1.82, 2.24) is 10.2 Å². The van der Waals surface area contributed by atoms with E-state index in [4.69, 9.17) is 4.74 Å². The molecule has 0 bridgehead atoms. The normalized spacial score (nSPS) is 16.7. The van der Waals surface area contributed by atoms with Crippen LogP contribution in [0.4, 0.5) is 0 Å². The fourth-order valence-electron chi connectivity index (χ4n) is 2.78. The zero-order valence-electron chi connectivity index (χ0n) is 14.0. The first-order chi connectivity index (χ1) is 10.6. The van der Waals surface area contributed by atoms with E-state index in [-0.39, 0.29) is 12.5 Å². The molecule has 4 nitrogen and oxygen atoms in total. The molecule has 1 aromatic rings. The van der Waals surface area contributed by atoms with Crippen molar-refractivity contribution in [2.75, 3.05) is 26.2 Å². The van der Waals surface area contributed by atoms with Gasteiger partial charge in [-0.3, -0.25) is 4.79 Å². The first-order valence-corrected chi connectivity index (χ1v) is 8.33. The van der Waals surface area contributed by atoms with E-state index in [1.54, 1.807) is 0 Å². The maximum atomic E-state index is 12.0. The lowest BCUT2D eigenvalue weighted by molar-refractivity contribution is -0.124. The third-order valence-corrected chi connectivity index (χ3v) is 4.29. The van der Waals surface area contributed by atoms with Crippen molar-refractivity contribution >= 4 is 5.91 Å². The zero-order valence-corrected chi connectivity index (χ0v) is 14.0. The topological polar surface area (TPSA) is 41.6 Å². The van der Waals surface area contributed by atoms with Crippen LogP contribution in [0.2, 0.25) is 0 Å². The lowest BCUT2D eigenvalue weighted by Crippen LogP contribution is -2.45. The van der Waals surface area contributed by atoms with Gasteiger partial charge in [-0.25, -0.2) is 0 Å². The van der Waals surface area contributed by atoms with Gasteiger partial charge in [-0.2, -0.15) is 0 Å². The standard InChI is InChI=1S/C18H28N2O2/c1-4-20-10-8-16(9-11-20)19-18(21)13-22-17-7-5-6-15(12-17)14(2)3/h5-7,12,14,16H,4,8-11,13H2,1-3H3,(H,19,21). The summed E-state index contributed by atoms with van der Waals surface area (Å²) in [5.74, 6) is 1.20. The highest BCUT2D eigenvalue weighted by molar-refractivity contribution is 5.77. The van der Waals surface area contributed by atoms with Gasteiger partial charge in [0.15, 0.2) is 6.61 Å². The number of nitrogens with zero attached hydrogens (tertiary/aromatic N) is 1. The Morgan fingerprint density at radius 3 is 2.73 bits per heavy atom. The van der Waals surface area contributed by atoms with Crippen LogP contribution in [-0.4, -0.2) is 43.1 Å². The van der Waals surface area contributed by atoms with Crippen molar-refractivity contribution in [3.05, 3.63) is 29.8 Å². The van der Waals surface area contributed by atoms with E-state index in [2.05, 4.69) is 37.1 Å². The molecule has 22 heavy (non-hydrogen) atoms. The third kappa shape index (κ3) is 5.02. The quantitative estimate of drug-likeness (QED) is 0.878. The van der Waals surface area contributed by atoms with Gasteiger partial charge in [0.25, 0.3) is 5.91 Å². The zero-order chi connectivity index (χ0) is 15.9. The second-order valence-corrected chi connectivity index (χ2v) is 6.29. The summed E-state index contributed by atoms with van der Waals surface area (Å²) in [5, 5.41) is 3.08. The molecule has 2 rings (SSSR count). The van der Waals surface area contributed by atoms with E-state index in [0.29, 0.717) is 12.0 Å². The van der Waals surface area contributed by atoms with E-state index >= 15 is 0 Å². The van der Waals surface area contributed by atoms with Gasteiger partial charge in [0.1, 0.15) is 5.75 Å². The van der Waals surface area contributed by atoms with Crippen LogP contribution in [0.1, 0.15) is 45.1 Å². The van der Waals surface area contributed by atoms with Gasteiger partial charge in [-0.15, -0.1) is 0 Å². The fourth-order valence-corrected chi connectivity index (χ4v) is 2.78. The maximum absolute atomic E-state index is 12.0. The highest BCUT2D eigenvalue weighted by Gasteiger charge is 2.19. The minimum absolute atomic E-state index is 0.0232. The Morgan fingerprint density at radius 1 is 1.36 bits per heavy atom. The molecule has 1 aromatic carbocycles. The average Bonchev–Trinajstić information content (AvgIpc) is 2.54. The molecule has 0 aliphatic carbocycles. The predicted octanol–water partition coefficient (Wildman–Crippen LogP) is 2.79. The number of ether oxygens (including phenoxy) is 1. The summed E-state index contributed by atoms with van der Waals surface area (Å²) in [6, 6.07) is 8.26. The Kier molecular flexibility index (Phi) is 6.25. The van der Waals surface area contributed by atoms with Crippen LogP contribution in [0.15, 0.2) is 24.3 Å². The number of hydrogen-bond donors (Lipinski definition) is 1. The SMILES string of the molecule is CCN1CCC(NC(=O)COc2cccc(C(C)C)c2)CC1. The summed E-state index contributed by atoms with van der Waals surface area (Å²) < 4.78 is 5.62. The number of carbonyl (C=O) groups excluding carboxylic acids is 1. The summed E-state index contributed by atoms with van der Waals surface area (Å²) in [5.41, 5.74) is 1.23. The number of rotatable bonds is 6. The van der Waals surface area contributed by atoms with E-state index in [1.807, 2.05) is 18.2 Å². The van der Waals surface area contributed by atoms with E-state index in [1.165, 1.54) is 5.56 Å². The molecule has 0 atom stereocenters. The number of piperidine rings is 1. The molecule has 0 unspecified atom stereocenters. The minimum atomic E-state index is -0.0232. The summed E-state index contributed by atoms with van der Waals surface area (Å²) >= 11 is 0. The summed E-state index contributed by atoms with van der Waals surface area (Å²) in [7, 11) is 0. The molecular weight excluding hydrogens is 276 g/mol. The van der Waals surface area contributed by atoms with Crippen LogP contribution in [0, 0.1) is 0 Å².